The highest BCUT2D eigenvalue weighted by Gasteiger charge is 2.69. The molecule has 7 unspecified atom stereocenters. The Bertz CT molecular complexity index is 860. The molecule has 0 spiro atoms. The first-order chi connectivity index (χ1) is 16.6. The summed E-state index contributed by atoms with van der Waals surface area (Å²) in [5, 5.41) is 0. The van der Waals surface area contributed by atoms with E-state index < -0.39 is 5.60 Å². The van der Waals surface area contributed by atoms with Gasteiger partial charge in [0.05, 0.1) is 0 Å². The molecule has 5 aliphatic carbocycles. The molecule has 0 aromatic heterocycles. The van der Waals surface area contributed by atoms with Gasteiger partial charge in [-0.25, -0.2) is 0 Å². The molecule has 35 heavy (non-hydrogen) atoms. The second-order valence-electron chi connectivity index (χ2n) is 13.5. The third-order valence-electron chi connectivity index (χ3n) is 11.9. The second-order valence-corrected chi connectivity index (χ2v) is 13.5. The van der Waals surface area contributed by atoms with Crippen molar-refractivity contribution in [1.82, 2.24) is 4.90 Å². The van der Waals surface area contributed by atoms with Crippen LogP contribution in [0.15, 0.2) is 0 Å². The molecule has 0 aromatic carbocycles. The monoisotopic (exact) mass is 485 g/mol. The van der Waals surface area contributed by atoms with Crippen molar-refractivity contribution in [1.29, 1.82) is 0 Å². The van der Waals surface area contributed by atoms with Gasteiger partial charge >= 0.3 is 5.97 Å². The minimum atomic E-state index is -0.965. The lowest BCUT2D eigenvalue weighted by Gasteiger charge is -2.61. The Kier molecular flexibility index (Phi) is 6.72. The van der Waals surface area contributed by atoms with Crippen molar-refractivity contribution in [3.63, 3.8) is 0 Å². The number of fused-ring (bicyclic) bond motifs is 5. The number of hydrogen-bond donors (Lipinski definition) is 0. The number of Topliss-reactive ketones (excluding diaryl/α,β-unsaturated/α-hetero) is 2. The van der Waals surface area contributed by atoms with E-state index in [9.17, 15) is 14.4 Å². The van der Waals surface area contributed by atoms with Crippen molar-refractivity contribution in [3.8, 4) is 0 Å². The van der Waals surface area contributed by atoms with Crippen LogP contribution >= 0.6 is 0 Å². The van der Waals surface area contributed by atoms with Gasteiger partial charge in [-0.15, -0.1) is 0 Å². The predicted octanol–water partition coefficient (Wildman–Crippen LogP) is 5.45. The van der Waals surface area contributed by atoms with E-state index in [1.165, 1.54) is 39.0 Å². The van der Waals surface area contributed by atoms with E-state index in [2.05, 4.69) is 25.9 Å². The minimum Gasteiger partial charge on any atom is -0.451 e. The van der Waals surface area contributed by atoms with Crippen molar-refractivity contribution < 1.29 is 19.1 Å². The summed E-state index contributed by atoms with van der Waals surface area (Å²) in [6, 6.07) is 0.671. The number of ketones is 2. The molecule has 0 amide bonds. The Morgan fingerprint density at radius 3 is 2.20 bits per heavy atom. The highest BCUT2D eigenvalue weighted by atomic mass is 16.6. The highest BCUT2D eigenvalue weighted by molar-refractivity contribution is 5.89. The average Bonchev–Trinajstić information content (AvgIpc) is 3.10. The van der Waals surface area contributed by atoms with E-state index in [0.717, 1.165) is 38.5 Å². The van der Waals surface area contributed by atoms with E-state index in [4.69, 9.17) is 4.74 Å². The van der Waals surface area contributed by atoms with Crippen molar-refractivity contribution in [3.05, 3.63) is 0 Å². The molecular weight excluding hydrogens is 438 g/mol. The number of nitrogens with zero attached hydrogens (tertiary/aromatic N) is 1. The Balaban J connectivity index is 1.52. The predicted molar refractivity (Wildman–Crippen MR) is 136 cm³/mol. The molecule has 0 N–H and O–H groups in total. The van der Waals surface area contributed by atoms with Crippen molar-refractivity contribution >= 4 is 17.5 Å². The number of esters is 1. The maximum absolute atomic E-state index is 13.3. The van der Waals surface area contributed by atoms with Crippen LogP contribution in [0.5, 0.6) is 0 Å². The van der Waals surface area contributed by atoms with Gasteiger partial charge in [-0.05, 0) is 127 Å². The van der Waals surface area contributed by atoms with Crippen molar-refractivity contribution in [2.24, 2.45) is 46.8 Å². The van der Waals surface area contributed by atoms with Crippen molar-refractivity contribution in [2.45, 2.75) is 109 Å². The summed E-state index contributed by atoms with van der Waals surface area (Å²) in [6.45, 7) is 5.43. The van der Waals surface area contributed by atoms with Gasteiger partial charge in [0.1, 0.15) is 5.78 Å². The molecule has 5 fully saturated rings. The molecule has 0 saturated heterocycles. The average molecular weight is 486 g/mol. The summed E-state index contributed by atoms with van der Waals surface area (Å²) in [7, 11) is 4.41. The van der Waals surface area contributed by atoms with E-state index in [-0.39, 0.29) is 17.2 Å². The molecule has 5 saturated carbocycles. The van der Waals surface area contributed by atoms with E-state index >= 15 is 0 Å². The van der Waals surface area contributed by atoms with Crippen LogP contribution in [-0.4, -0.2) is 48.2 Å². The number of rotatable bonds is 4. The van der Waals surface area contributed by atoms with E-state index in [1.807, 2.05) is 0 Å². The highest BCUT2D eigenvalue weighted by Crippen LogP contribution is 2.69. The Labute approximate surface area is 212 Å². The Hall–Kier alpha value is -1.23. The molecule has 5 aliphatic rings. The minimum absolute atomic E-state index is 0.0446. The molecule has 0 aliphatic heterocycles. The van der Waals surface area contributed by atoms with Gasteiger partial charge in [0.2, 0.25) is 0 Å². The number of hydrogen-bond acceptors (Lipinski definition) is 5. The van der Waals surface area contributed by atoms with Gasteiger partial charge in [0.15, 0.2) is 11.4 Å². The van der Waals surface area contributed by atoms with E-state index in [0.29, 0.717) is 59.7 Å². The molecular formula is C30H47NO4. The summed E-state index contributed by atoms with van der Waals surface area (Å²) in [5.74, 6) is 4.36. The largest absolute Gasteiger partial charge is 0.451 e. The fourth-order valence-electron chi connectivity index (χ4n) is 10.4. The summed E-state index contributed by atoms with van der Waals surface area (Å²) in [4.78, 5) is 40.3. The maximum Gasteiger partial charge on any atom is 0.303 e. The molecule has 5 rings (SSSR count). The molecule has 0 aromatic rings. The van der Waals surface area contributed by atoms with Gasteiger partial charge in [0, 0.05) is 31.2 Å². The van der Waals surface area contributed by atoms with Crippen LogP contribution in [0.1, 0.15) is 97.8 Å². The normalized spacial score (nSPS) is 47.5. The summed E-state index contributed by atoms with van der Waals surface area (Å²) < 4.78 is 6.08. The topological polar surface area (TPSA) is 63.7 Å². The third kappa shape index (κ3) is 4.03. The molecule has 0 heterocycles. The standard InChI is InChI=1S/C30H47NO4/c1-18(32)30(35-19(2)33)15-14-27-25-12-8-21-16-23(34)11-13-24(21)28(25)26(17-29(27,30)3)20-6-9-22(10-7-20)31(4)5/h20-22,24-28H,6-17H2,1-5H3/t20?,21?,22?,24?,25?,26?,27?,28?,29-,30?/m0/s1. The molecule has 5 nitrogen and oxygen atoms in total. The summed E-state index contributed by atoms with van der Waals surface area (Å²) >= 11 is 0. The Morgan fingerprint density at radius 1 is 0.886 bits per heavy atom. The van der Waals surface area contributed by atoms with E-state index in [1.54, 1.807) is 6.92 Å². The molecule has 0 radical (unpaired) electrons. The molecule has 8 atom stereocenters. The quantitative estimate of drug-likeness (QED) is 0.496. The smallest absolute Gasteiger partial charge is 0.303 e. The lowest BCUT2D eigenvalue weighted by molar-refractivity contribution is -0.196. The van der Waals surface area contributed by atoms with Gasteiger partial charge < -0.3 is 9.64 Å². The molecule has 0 bridgehead atoms. The van der Waals surface area contributed by atoms with Gasteiger partial charge in [-0.3, -0.25) is 14.4 Å². The number of carbonyl (C=O) groups is 3. The first-order valence-electron chi connectivity index (χ1n) is 14.5. The van der Waals surface area contributed by atoms with Gasteiger partial charge in [0.25, 0.3) is 0 Å². The zero-order chi connectivity index (χ0) is 25.1. The zero-order valence-electron chi connectivity index (χ0n) is 22.7. The Morgan fingerprint density at radius 2 is 1.57 bits per heavy atom. The SMILES string of the molecule is CC(=O)OC1(C(C)=O)CCC2C3CCC4CC(=O)CCC4C3C(C3CCC(N(C)C)CC3)C[C@@]21C. The molecule has 5 heteroatoms. The number of carbonyl (C=O) groups excluding carboxylic acids is 3. The van der Waals surface area contributed by atoms with Crippen molar-refractivity contribution in [2.75, 3.05) is 14.1 Å². The second kappa shape index (κ2) is 9.26. The molecule has 196 valence electrons. The fourth-order valence-corrected chi connectivity index (χ4v) is 10.4. The lowest BCUT2D eigenvalue weighted by Crippen LogP contribution is -2.61. The lowest BCUT2D eigenvalue weighted by atomic mass is 9.44. The number of ether oxygens (including phenoxy) is 1. The summed E-state index contributed by atoms with van der Waals surface area (Å²) in [5.41, 5.74) is -1.25. The van der Waals surface area contributed by atoms with Gasteiger partial charge in [-0.1, -0.05) is 6.92 Å². The first kappa shape index (κ1) is 25.4. The van der Waals surface area contributed by atoms with Crippen LogP contribution in [0, 0.1) is 46.8 Å². The van der Waals surface area contributed by atoms with Crippen LogP contribution in [0.2, 0.25) is 0 Å². The maximum atomic E-state index is 13.3. The van der Waals surface area contributed by atoms with Crippen LogP contribution in [0.3, 0.4) is 0 Å². The van der Waals surface area contributed by atoms with Crippen LogP contribution in [-0.2, 0) is 19.1 Å². The zero-order valence-corrected chi connectivity index (χ0v) is 22.7. The van der Waals surface area contributed by atoms with Crippen LogP contribution in [0.25, 0.3) is 0 Å². The van der Waals surface area contributed by atoms with Crippen LogP contribution in [0.4, 0.5) is 0 Å². The fraction of sp³-hybridized carbons (Fsp3) is 0.900. The van der Waals surface area contributed by atoms with Gasteiger partial charge in [-0.2, -0.15) is 0 Å². The first-order valence-corrected chi connectivity index (χ1v) is 14.5. The summed E-state index contributed by atoms with van der Waals surface area (Å²) in [6.07, 6.45) is 12.6. The third-order valence-corrected chi connectivity index (χ3v) is 11.9. The van der Waals surface area contributed by atoms with Crippen LogP contribution < -0.4 is 0 Å².